The van der Waals surface area contributed by atoms with E-state index >= 15 is 0 Å². The first kappa shape index (κ1) is 9.72. The monoisotopic (exact) mass is 207 g/mol. The third kappa shape index (κ3) is 3.70. The van der Waals surface area contributed by atoms with Crippen LogP contribution in [-0.4, -0.2) is 25.8 Å². The lowest BCUT2D eigenvalue weighted by atomic mass is 10.9. The van der Waals surface area contributed by atoms with E-state index in [-0.39, 0.29) is 5.95 Å². The van der Waals surface area contributed by atoms with Gasteiger partial charge in [0.2, 0.25) is 5.95 Å². The van der Waals surface area contributed by atoms with Crippen LogP contribution < -0.4 is 5.32 Å². The second-order valence-corrected chi connectivity index (χ2v) is 3.10. The minimum Gasteiger partial charge on any atom is -0.353 e. The zero-order chi connectivity index (χ0) is 9.90. The fraction of sp³-hybridized carbons (Fsp3) is 0. The molecule has 8 nitrogen and oxygen atoms in total. The van der Waals surface area contributed by atoms with Crippen LogP contribution in [0.1, 0.15) is 0 Å². The molecule has 9 heteroatoms. The Balaban J connectivity index is 2.48. The van der Waals surface area contributed by atoms with Crippen LogP contribution in [0.4, 0.5) is 10.7 Å². The van der Waals surface area contributed by atoms with Gasteiger partial charge in [0, 0.05) is 12.4 Å². The molecular weight excluding hydrogens is 201 g/mol. The van der Waals surface area contributed by atoms with E-state index in [1.807, 2.05) is 5.32 Å². The number of rotatable bonds is 2. The first-order valence-electron chi connectivity index (χ1n) is 3.03. The SMILES string of the molecule is O=C(Nc1ncc[nH]1)OP(=O)(O)O. The number of anilines is 1. The van der Waals surface area contributed by atoms with Crippen LogP contribution in [0.15, 0.2) is 12.4 Å². The van der Waals surface area contributed by atoms with E-state index in [2.05, 4.69) is 14.5 Å². The summed E-state index contributed by atoms with van der Waals surface area (Å²) in [4.78, 5) is 33.1. The number of nitrogens with zero attached hydrogens (tertiary/aromatic N) is 1. The van der Waals surface area contributed by atoms with Gasteiger partial charge < -0.3 is 9.51 Å². The summed E-state index contributed by atoms with van der Waals surface area (Å²) in [6, 6.07) is 0. The summed E-state index contributed by atoms with van der Waals surface area (Å²) in [6.07, 6.45) is 1.50. The Bertz CT molecular complexity index is 330. The average molecular weight is 207 g/mol. The van der Waals surface area contributed by atoms with Gasteiger partial charge in [-0.15, -0.1) is 0 Å². The van der Waals surface area contributed by atoms with Crippen LogP contribution in [-0.2, 0) is 9.09 Å². The lowest BCUT2D eigenvalue weighted by Crippen LogP contribution is -2.12. The van der Waals surface area contributed by atoms with Gasteiger partial charge in [0.25, 0.3) is 0 Å². The number of nitrogens with one attached hydrogen (secondary N) is 2. The molecule has 72 valence electrons. The summed E-state index contributed by atoms with van der Waals surface area (Å²) >= 11 is 0. The van der Waals surface area contributed by atoms with Crippen LogP contribution >= 0.6 is 7.82 Å². The van der Waals surface area contributed by atoms with Crippen molar-refractivity contribution in [2.24, 2.45) is 0 Å². The van der Waals surface area contributed by atoms with Gasteiger partial charge >= 0.3 is 13.9 Å². The zero-order valence-electron chi connectivity index (χ0n) is 6.17. The average Bonchev–Trinajstić information content (AvgIpc) is 2.34. The molecule has 0 aliphatic carbocycles. The van der Waals surface area contributed by atoms with E-state index < -0.39 is 13.9 Å². The number of carbonyl (C=O) groups is 1. The highest BCUT2D eigenvalue weighted by Crippen LogP contribution is 2.35. The van der Waals surface area contributed by atoms with E-state index in [4.69, 9.17) is 9.79 Å². The first-order valence-corrected chi connectivity index (χ1v) is 4.56. The molecule has 0 aromatic carbocycles. The number of phosphoric acid groups is 1. The molecule has 0 saturated heterocycles. The molecule has 0 radical (unpaired) electrons. The van der Waals surface area contributed by atoms with E-state index in [0.29, 0.717) is 0 Å². The Morgan fingerprint density at radius 3 is 2.85 bits per heavy atom. The molecule has 0 atom stereocenters. The summed E-state index contributed by atoms with van der Waals surface area (Å²) in [7, 11) is -4.79. The Hall–Kier alpha value is -1.37. The topological polar surface area (TPSA) is 125 Å². The van der Waals surface area contributed by atoms with Crippen molar-refractivity contribution >= 4 is 19.9 Å². The van der Waals surface area contributed by atoms with Crippen molar-refractivity contribution in [3.63, 3.8) is 0 Å². The van der Waals surface area contributed by atoms with Gasteiger partial charge in [0.1, 0.15) is 0 Å². The second-order valence-electron chi connectivity index (χ2n) is 1.93. The molecule has 1 amide bonds. The van der Waals surface area contributed by atoms with Crippen molar-refractivity contribution in [3.05, 3.63) is 12.4 Å². The van der Waals surface area contributed by atoms with Crippen molar-refractivity contribution in [1.82, 2.24) is 9.97 Å². The summed E-state index contributed by atoms with van der Waals surface area (Å²) < 4.78 is 13.8. The van der Waals surface area contributed by atoms with Crippen LogP contribution in [0.2, 0.25) is 0 Å². The Morgan fingerprint density at radius 2 is 2.38 bits per heavy atom. The van der Waals surface area contributed by atoms with Gasteiger partial charge in [0.15, 0.2) is 0 Å². The van der Waals surface area contributed by atoms with E-state index in [1.54, 1.807) is 0 Å². The smallest absolute Gasteiger partial charge is 0.353 e. The minimum atomic E-state index is -4.79. The van der Waals surface area contributed by atoms with Crippen LogP contribution in [0.25, 0.3) is 0 Å². The maximum absolute atomic E-state index is 10.6. The van der Waals surface area contributed by atoms with Crippen molar-refractivity contribution in [1.29, 1.82) is 0 Å². The number of H-pyrrole nitrogens is 1. The maximum Gasteiger partial charge on any atom is 0.528 e. The van der Waals surface area contributed by atoms with Gasteiger partial charge in [-0.25, -0.2) is 14.3 Å². The van der Waals surface area contributed by atoms with Gasteiger partial charge in [-0.05, 0) is 0 Å². The largest absolute Gasteiger partial charge is 0.528 e. The predicted molar refractivity (Wildman–Crippen MR) is 40.7 cm³/mol. The lowest BCUT2D eigenvalue weighted by Gasteiger charge is -2.04. The van der Waals surface area contributed by atoms with Crippen LogP contribution in [0.5, 0.6) is 0 Å². The molecule has 0 aliphatic heterocycles. The van der Waals surface area contributed by atoms with Gasteiger partial charge in [-0.2, -0.15) is 0 Å². The summed E-state index contributed by atoms with van der Waals surface area (Å²) in [5.41, 5.74) is 0. The van der Waals surface area contributed by atoms with Crippen molar-refractivity contribution in [2.45, 2.75) is 0 Å². The molecule has 0 aliphatic rings. The van der Waals surface area contributed by atoms with E-state index in [1.165, 1.54) is 12.4 Å². The molecule has 0 saturated carbocycles. The molecule has 1 rings (SSSR count). The Morgan fingerprint density at radius 1 is 1.69 bits per heavy atom. The molecule has 0 unspecified atom stereocenters. The molecule has 1 aromatic rings. The van der Waals surface area contributed by atoms with Crippen molar-refractivity contribution < 1.29 is 23.7 Å². The van der Waals surface area contributed by atoms with Crippen LogP contribution in [0, 0.1) is 0 Å². The standard InChI is InChI=1S/C4H6N3O5P/c8-4(12-13(9,10)11)7-3-5-1-2-6-3/h1-2H,(H2,9,10,11)(H2,5,6,7,8). The molecular formula is C4H6N3O5P. The third-order valence-electron chi connectivity index (χ3n) is 0.921. The predicted octanol–water partition coefficient (Wildman–Crippen LogP) is 0.0509. The number of hydrogen-bond acceptors (Lipinski definition) is 4. The van der Waals surface area contributed by atoms with Gasteiger partial charge in [-0.1, -0.05) is 0 Å². The van der Waals surface area contributed by atoms with Crippen LogP contribution in [0.3, 0.4) is 0 Å². The number of aromatic amines is 1. The summed E-state index contributed by atoms with van der Waals surface area (Å²) in [5.74, 6) is 0.0402. The normalized spacial score (nSPS) is 10.9. The molecule has 0 bridgehead atoms. The quantitative estimate of drug-likeness (QED) is 0.508. The zero-order valence-corrected chi connectivity index (χ0v) is 7.06. The number of imidazole rings is 1. The molecule has 1 aromatic heterocycles. The molecule has 0 fully saturated rings. The number of carbonyl (C=O) groups excluding carboxylic acids is 1. The molecule has 1 heterocycles. The number of phosphoric ester groups is 1. The first-order chi connectivity index (χ1) is 5.97. The van der Waals surface area contributed by atoms with E-state index in [0.717, 1.165) is 0 Å². The number of amides is 1. The second kappa shape index (κ2) is 3.56. The summed E-state index contributed by atoms with van der Waals surface area (Å²) in [5, 5.41) is 1.96. The highest BCUT2D eigenvalue weighted by Gasteiger charge is 2.20. The molecule has 0 spiro atoms. The Kier molecular flexibility index (Phi) is 2.66. The van der Waals surface area contributed by atoms with Crippen molar-refractivity contribution in [3.8, 4) is 0 Å². The highest BCUT2D eigenvalue weighted by molar-refractivity contribution is 7.46. The number of aromatic nitrogens is 2. The molecule has 4 N–H and O–H groups in total. The highest BCUT2D eigenvalue weighted by atomic mass is 31.2. The van der Waals surface area contributed by atoms with Gasteiger partial charge in [-0.3, -0.25) is 15.1 Å². The van der Waals surface area contributed by atoms with Gasteiger partial charge in [0.05, 0.1) is 0 Å². The molecule has 13 heavy (non-hydrogen) atoms. The Labute approximate surface area is 72.2 Å². The summed E-state index contributed by atoms with van der Waals surface area (Å²) in [6.45, 7) is 0. The third-order valence-corrected chi connectivity index (χ3v) is 1.32. The minimum absolute atomic E-state index is 0.0402. The van der Waals surface area contributed by atoms with Crippen molar-refractivity contribution in [2.75, 3.05) is 5.32 Å². The fourth-order valence-electron chi connectivity index (χ4n) is 0.561. The maximum atomic E-state index is 10.6. The lowest BCUT2D eigenvalue weighted by molar-refractivity contribution is 0.189. The fourth-order valence-corrected chi connectivity index (χ4v) is 0.823. The van der Waals surface area contributed by atoms with E-state index in [9.17, 15) is 9.36 Å². The number of hydrogen-bond donors (Lipinski definition) is 4.